The minimum Gasteiger partial charge on any atom is -0.378 e. The van der Waals surface area contributed by atoms with Crippen molar-refractivity contribution in [1.29, 1.82) is 0 Å². The third-order valence-electron chi connectivity index (χ3n) is 5.82. The van der Waals surface area contributed by atoms with Crippen molar-refractivity contribution in [2.24, 2.45) is 5.92 Å². The average Bonchev–Trinajstić information content (AvgIpc) is 3.12. The maximum Gasteiger partial charge on any atom is 0.184 e. The minimum atomic E-state index is 0.0176. The SMILES string of the molecule is O=C(c1cnc2cnccn12)C1CC2COCC(C1)N2Cc1ccccc1. The molecule has 2 aliphatic heterocycles. The van der Waals surface area contributed by atoms with E-state index in [2.05, 4.69) is 39.1 Å². The lowest BCUT2D eigenvalue weighted by atomic mass is 9.81. The summed E-state index contributed by atoms with van der Waals surface area (Å²) in [4.78, 5) is 24.2. The molecule has 2 fully saturated rings. The number of hydrogen-bond acceptors (Lipinski definition) is 5. The molecular formula is C21H22N4O2. The number of carbonyl (C=O) groups is 1. The first-order chi connectivity index (χ1) is 13.3. The Balaban J connectivity index is 1.37. The van der Waals surface area contributed by atoms with E-state index in [0.717, 1.165) is 19.4 Å². The number of hydrogen-bond donors (Lipinski definition) is 0. The summed E-state index contributed by atoms with van der Waals surface area (Å²) in [6.45, 7) is 2.32. The van der Waals surface area contributed by atoms with Crippen LogP contribution in [0, 0.1) is 5.92 Å². The van der Waals surface area contributed by atoms with E-state index in [0.29, 0.717) is 24.6 Å². The number of imidazole rings is 1. The molecule has 3 aromatic rings. The van der Waals surface area contributed by atoms with Crippen molar-refractivity contribution in [1.82, 2.24) is 19.3 Å². The molecule has 2 bridgehead atoms. The van der Waals surface area contributed by atoms with Gasteiger partial charge in [0.25, 0.3) is 0 Å². The number of benzene rings is 1. The van der Waals surface area contributed by atoms with E-state index in [1.807, 2.05) is 16.7 Å². The van der Waals surface area contributed by atoms with Crippen LogP contribution in [0.25, 0.3) is 5.65 Å². The van der Waals surface area contributed by atoms with Gasteiger partial charge in [-0.25, -0.2) is 4.98 Å². The van der Waals surface area contributed by atoms with Gasteiger partial charge in [0.1, 0.15) is 5.69 Å². The molecule has 0 saturated carbocycles. The summed E-state index contributed by atoms with van der Waals surface area (Å²) >= 11 is 0. The Morgan fingerprint density at radius 3 is 2.67 bits per heavy atom. The Morgan fingerprint density at radius 1 is 1.11 bits per heavy atom. The summed E-state index contributed by atoms with van der Waals surface area (Å²) < 4.78 is 7.66. The van der Waals surface area contributed by atoms with Gasteiger partial charge in [-0.2, -0.15) is 0 Å². The number of ether oxygens (including phenoxy) is 1. The van der Waals surface area contributed by atoms with Gasteiger partial charge in [0.2, 0.25) is 0 Å². The number of Topliss-reactive ketones (excluding diaryl/α,β-unsaturated/α-hetero) is 1. The molecule has 2 saturated heterocycles. The number of nitrogens with zero attached hydrogens (tertiary/aromatic N) is 4. The number of morpholine rings is 1. The topological polar surface area (TPSA) is 59.7 Å². The van der Waals surface area contributed by atoms with Crippen molar-refractivity contribution < 1.29 is 9.53 Å². The van der Waals surface area contributed by atoms with Crippen molar-refractivity contribution in [3.8, 4) is 0 Å². The fraction of sp³-hybridized carbons (Fsp3) is 0.381. The molecule has 5 rings (SSSR count). The van der Waals surface area contributed by atoms with Crippen LogP contribution in [0.15, 0.2) is 55.1 Å². The molecule has 0 radical (unpaired) electrons. The van der Waals surface area contributed by atoms with Gasteiger partial charge in [0.05, 0.1) is 25.6 Å². The van der Waals surface area contributed by atoms with Crippen molar-refractivity contribution in [3.05, 3.63) is 66.4 Å². The quantitative estimate of drug-likeness (QED) is 0.668. The van der Waals surface area contributed by atoms with Crippen LogP contribution in [0.3, 0.4) is 0 Å². The van der Waals surface area contributed by atoms with Gasteiger partial charge in [-0.1, -0.05) is 30.3 Å². The van der Waals surface area contributed by atoms with Crippen LogP contribution in [0.5, 0.6) is 0 Å². The van der Waals surface area contributed by atoms with Crippen molar-refractivity contribution in [2.45, 2.75) is 31.5 Å². The number of ketones is 1. The summed E-state index contributed by atoms with van der Waals surface area (Å²) in [5, 5.41) is 0. The molecule has 27 heavy (non-hydrogen) atoms. The molecule has 1 aromatic carbocycles. The molecule has 2 atom stereocenters. The Labute approximate surface area is 157 Å². The Kier molecular flexibility index (Phi) is 4.22. The largest absolute Gasteiger partial charge is 0.378 e. The Morgan fingerprint density at radius 2 is 1.89 bits per heavy atom. The van der Waals surface area contributed by atoms with E-state index in [1.54, 1.807) is 18.6 Å². The fourth-order valence-corrected chi connectivity index (χ4v) is 4.49. The summed E-state index contributed by atoms with van der Waals surface area (Å²) in [5.41, 5.74) is 2.69. The monoisotopic (exact) mass is 362 g/mol. The summed E-state index contributed by atoms with van der Waals surface area (Å²) in [5.74, 6) is 0.203. The van der Waals surface area contributed by atoms with Crippen LogP contribution in [0.4, 0.5) is 0 Å². The first-order valence-electron chi connectivity index (χ1n) is 9.48. The zero-order chi connectivity index (χ0) is 18.2. The molecule has 2 aromatic heterocycles. The maximum absolute atomic E-state index is 13.2. The van der Waals surface area contributed by atoms with Crippen LogP contribution in [0.2, 0.25) is 0 Å². The van der Waals surface area contributed by atoms with Gasteiger partial charge in [-0.15, -0.1) is 0 Å². The molecule has 2 unspecified atom stereocenters. The van der Waals surface area contributed by atoms with Gasteiger partial charge in [-0.05, 0) is 18.4 Å². The van der Waals surface area contributed by atoms with Crippen LogP contribution >= 0.6 is 0 Å². The molecule has 0 N–H and O–H groups in total. The maximum atomic E-state index is 13.2. The molecule has 138 valence electrons. The number of rotatable bonds is 4. The first kappa shape index (κ1) is 16.6. The zero-order valence-electron chi connectivity index (χ0n) is 15.1. The van der Waals surface area contributed by atoms with Crippen LogP contribution in [0.1, 0.15) is 28.9 Å². The third kappa shape index (κ3) is 3.05. The van der Waals surface area contributed by atoms with Crippen LogP contribution in [-0.2, 0) is 11.3 Å². The van der Waals surface area contributed by atoms with Crippen molar-refractivity contribution in [3.63, 3.8) is 0 Å². The average molecular weight is 362 g/mol. The van der Waals surface area contributed by atoms with E-state index >= 15 is 0 Å². The predicted molar refractivity (Wildman–Crippen MR) is 100 cm³/mol. The van der Waals surface area contributed by atoms with Crippen LogP contribution in [-0.4, -0.2) is 50.3 Å². The lowest BCUT2D eigenvalue weighted by Gasteiger charge is -2.48. The standard InChI is InChI=1S/C21H22N4O2/c26-21(19-10-23-20-11-22-6-7-24(19)20)16-8-17-13-27-14-18(9-16)25(17)12-15-4-2-1-3-5-15/h1-7,10-11,16-18H,8-9,12-14H2. The summed E-state index contributed by atoms with van der Waals surface area (Å²) in [6.07, 6.45) is 8.53. The highest BCUT2D eigenvalue weighted by Gasteiger charge is 2.41. The second kappa shape index (κ2) is 6.87. The molecule has 0 amide bonds. The van der Waals surface area contributed by atoms with Gasteiger partial charge in [0.15, 0.2) is 11.4 Å². The third-order valence-corrected chi connectivity index (χ3v) is 5.82. The lowest BCUT2D eigenvalue weighted by molar-refractivity contribution is -0.0873. The smallest absolute Gasteiger partial charge is 0.184 e. The highest BCUT2D eigenvalue weighted by Crippen LogP contribution is 2.34. The Bertz CT molecular complexity index is 941. The van der Waals surface area contributed by atoms with Gasteiger partial charge >= 0.3 is 0 Å². The number of piperidine rings is 1. The Hall–Kier alpha value is -2.57. The second-order valence-corrected chi connectivity index (χ2v) is 7.48. The van der Waals surface area contributed by atoms with E-state index in [-0.39, 0.29) is 23.8 Å². The zero-order valence-corrected chi connectivity index (χ0v) is 15.1. The van der Waals surface area contributed by atoms with Crippen LogP contribution < -0.4 is 0 Å². The van der Waals surface area contributed by atoms with Crippen molar-refractivity contribution in [2.75, 3.05) is 13.2 Å². The second-order valence-electron chi connectivity index (χ2n) is 7.48. The molecule has 6 heteroatoms. The molecule has 2 aliphatic rings. The molecule has 0 spiro atoms. The molecular weight excluding hydrogens is 340 g/mol. The summed E-state index contributed by atoms with van der Waals surface area (Å²) in [7, 11) is 0. The lowest BCUT2D eigenvalue weighted by Crippen LogP contribution is -2.57. The highest BCUT2D eigenvalue weighted by molar-refractivity contribution is 5.97. The number of aromatic nitrogens is 3. The predicted octanol–water partition coefficient (Wildman–Crippen LogP) is 2.59. The van der Waals surface area contributed by atoms with Gasteiger partial charge < -0.3 is 4.74 Å². The van der Waals surface area contributed by atoms with Gasteiger partial charge in [0, 0.05) is 36.9 Å². The number of fused-ring (bicyclic) bond motifs is 3. The first-order valence-corrected chi connectivity index (χ1v) is 9.48. The minimum absolute atomic E-state index is 0.0176. The van der Waals surface area contributed by atoms with E-state index < -0.39 is 0 Å². The molecule has 6 nitrogen and oxygen atoms in total. The fourth-order valence-electron chi connectivity index (χ4n) is 4.49. The molecule has 0 aliphatic carbocycles. The van der Waals surface area contributed by atoms with E-state index in [1.165, 1.54) is 5.56 Å². The van der Waals surface area contributed by atoms with E-state index in [4.69, 9.17) is 4.74 Å². The highest BCUT2D eigenvalue weighted by atomic mass is 16.5. The number of carbonyl (C=O) groups excluding carboxylic acids is 1. The van der Waals surface area contributed by atoms with E-state index in [9.17, 15) is 4.79 Å². The normalized spacial score (nSPS) is 25.6. The van der Waals surface area contributed by atoms with Gasteiger partial charge in [-0.3, -0.25) is 19.1 Å². The van der Waals surface area contributed by atoms with Crippen molar-refractivity contribution >= 4 is 11.4 Å². The molecule has 4 heterocycles. The summed E-state index contributed by atoms with van der Waals surface area (Å²) in [6, 6.07) is 11.1.